The first-order valence-electron chi connectivity index (χ1n) is 15.0. The Bertz CT molecular complexity index is 1150. The molecule has 3 saturated carbocycles. The summed E-state index contributed by atoms with van der Waals surface area (Å²) in [7, 11) is 15.2. The Morgan fingerprint density at radius 3 is 2.35 bits per heavy atom. The second-order valence-electron chi connectivity index (χ2n) is 13.6. The summed E-state index contributed by atoms with van der Waals surface area (Å²) in [6.07, 6.45) is 10.4. The number of allylic oxidation sites excluding steroid dienone is 1. The molecule has 2 N–H and O–H groups in total. The third-order valence-corrected chi connectivity index (χ3v) is 11.0. The molecule has 6 nitrogen and oxygen atoms in total. The van der Waals surface area contributed by atoms with Gasteiger partial charge in [-0.1, -0.05) is 32.3 Å². The fourth-order valence-corrected chi connectivity index (χ4v) is 8.15. The zero-order valence-electron chi connectivity index (χ0n) is 23.4. The minimum atomic E-state index is -4.54. The fourth-order valence-electron chi connectivity index (χ4n) is 8.15. The van der Waals surface area contributed by atoms with E-state index in [1.165, 1.54) is 19.3 Å². The van der Waals surface area contributed by atoms with Gasteiger partial charge in [-0.05, 0) is 79.3 Å². The summed E-state index contributed by atoms with van der Waals surface area (Å²) in [5.74, 6) is 2.25. The molecule has 5 fully saturated rings. The minimum Gasteiger partial charge on any atom is -0.329 e. The van der Waals surface area contributed by atoms with Crippen molar-refractivity contribution in [1.29, 1.82) is 0 Å². The van der Waals surface area contributed by atoms with Crippen molar-refractivity contribution in [3.05, 3.63) is 47.7 Å². The SMILES string of the molecule is [B]C([B])(C1=CN2C(=C)N(C3CCC[C@H](C(C4CCC4)C4NNCN4C)C3)C=C2C(C(F)(F)F)=C1)N1CC2(CC2)C1. The van der Waals surface area contributed by atoms with Gasteiger partial charge in [0.05, 0.1) is 39.8 Å². The predicted molar refractivity (Wildman–Crippen MR) is 150 cm³/mol. The van der Waals surface area contributed by atoms with Crippen LogP contribution in [-0.2, 0) is 0 Å². The molecule has 4 aliphatic heterocycles. The highest BCUT2D eigenvalue weighted by molar-refractivity contribution is 6.42. The number of nitrogens with one attached hydrogen (secondary N) is 2. The molecule has 0 aromatic heterocycles. The van der Waals surface area contributed by atoms with E-state index in [-0.39, 0.29) is 28.9 Å². The predicted octanol–water partition coefficient (Wildman–Crippen LogP) is 3.69. The molecule has 7 rings (SSSR count). The fraction of sp³-hybridized carbons (Fsp3) is 0.724. The van der Waals surface area contributed by atoms with Crippen molar-refractivity contribution < 1.29 is 13.2 Å². The number of alkyl halides is 3. The molecular formula is C29H39B2F3N6. The average Bonchev–Trinajstić information content (AvgIpc) is 3.47. The van der Waals surface area contributed by atoms with E-state index < -0.39 is 17.1 Å². The van der Waals surface area contributed by atoms with Gasteiger partial charge in [-0.25, -0.2) is 10.9 Å². The van der Waals surface area contributed by atoms with Crippen molar-refractivity contribution in [3.8, 4) is 0 Å². The molecule has 2 saturated heterocycles. The van der Waals surface area contributed by atoms with E-state index in [4.69, 9.17) is 15.7 Å². The summed E-state index contributed by atoms with van der Waals surface area (Å²) in [6, 6.07) is 0.101. The van der Waals surface area contributed by atoms with Gasteiger partial charge < -0.3 is 14.7 Å². The second-order valence-corrected chi connectivity index (χ2v) is 13.6. The monoisotopic (exact) mass is 550 g/mol. The smallest absolute Gasteiger partial charge is 0.329 e. The highest BCUT2D eigenvalue weighted by atomic mass is 19.4. The number of rotatable bonds is 6. The van der Waals surface area contributed by atoms with Crippen molar-refractivity contribution in [2.24, 2.45) is 23.2 Å². The van der Waals surface area contributed by atoms with Gasteiger partial charge in [0.2, 0.25) is 0 Å². The Morgan fingerprint density at radius 1 is 1.05 bits per heavy atom. The summed E-state index contributed by atoms with van der Waals surface area (Å²) in [5, 5.41) is -1.47. The summed E-state index contributed by atoms with van der Waals surface area (Å²) in [4.78, 5) is 7.82. The maximum atomic E-state index is 14.5. The third kappa shape index (κ3) is 4.41. The number of nitrogens with zero attached hydrogens (tertiary/aromatic N) is 4. The number of hydrogen-bond acceptors (Lipinski definition) is 6. The van der Waals surface area contributed by atoms with Crippen LogP contribution in [0.3, 0.4) is 0 Å². The second kappa shape index (κ2) is 9.41. The van der Waals surface area contributed by atoms with Crippen LogP contribution in [0.2, 0.25) is 0 Å². The summed E-state index contributed by atoms with van der Waals surface area (Å²) < 4.78 is 43.4. The van der Waals surface area contributed by atoms with Gasteiger partial charge >= 0.3 is 6.18 Å². The van der Waals surface area contributed by atoms with Gasteiger partial charge in [-0.3, -0.25) is 4.90 Å². The van der Waals surface area contributed by atoms with E-state index in [2.05, 4.69) is 29.4 Å². The highest BCUT2D eigenvalue weighted by Gasteiger charge is 2.56. The molecule has 3 unspecified atom stereocenters. The molecule has 0 aromatic carbocycles. The van der Waals surface area contributed by atoms with Crippen LogP contribution in [0.1, 0.15) is 57.8 Å². The summed E-state index contributed by atoms with van der Waals surface area (Å²) >= 11 is 0. The molecular weight excluding hydrogens is 511 g/mol. The van der Waals surface area contributed by atoms with Crippen LogP contribution < -0.4 is 10.9 Å². The zero-order valence-corrected chi connectivity index (χ0v) is 23.4. The number of hydrogen-bond donors (Lipinski definition) is 2. The zero-order chi connectivity index (χ0) is 28.0. The normalized spacial score (nSPS) is 33.8. The van der Waals surface area contributed by atoms with Crippen LogP contribution in [-0.4, -0.2) is 85.8 Å². The molecule has 40 heavy (non-hydrogen) atoms. The van der Waals surface area contributed by atoms with E-state index in [0.29, 0.717) is 23.6 Å². The number of likely N-dealkylation sites (tertiary alicyclic amines) is 1. The number of halogens is 3. The molecule has 0 aromatic rings. The van der Waals surface area contributed by atoms with Gasteiger partial charge in [-0.2, -0.15) is 13.2 Å². The maximum absolute atomic E-state index is 14.5. The van der Waals surface area contributed by atoms with Gasteiger partial charge in [0.25, 0.3) is 0 Å². The molecule has 1 spiro atoms. The van der Waals surface area contributed by atoms with E-state index in [0.717, 1.165) is 64.4 Å². The molecule has 3 aliphatic carbocycles. The first kappa shape index (κ1) is 27.2. The lowest BCUT2D eigenvalue weighted by molar-refractivity contribution is -0.0910. The van der Waals surface area contributed by atoms with Crippen LogP contribution in [0.4, 0.5) is 13.2 Å². The van der Waals surface area contributed by atoms with Crippen LogP contribution >= 0.6 is 0 Å². The van der Waals surface area contributed by atoms with Gasteiger partial charge in [0.1, 0.15) is 5.82 Å². The quantitative estimate of drug-likeness (QED) is 0.492. The van der Waals surface area contributed by atoms with E-state index >= 15 is 0 Å². The average molecular weight is 550 g/mol. The van der Waals surface area contributed by atoms with E-state index in [1.54, 1.807) is 17.3 Å². The lowest BCUT2D eigenvalue weighted by Gasteiger charge is -2.52. The molecule has 11 heteroatoms. The first-order valence-corrected chi connectivity index (χ1v) is 15.0. The standard InChI is InChI=1S/C29H39B2F3N6/c1-18-39(22-8-4-7-20(11-22)25(19-5-3-6-19)26-36-35-17-37(26)2)14-24-23(29(32,33)34)12-21(13-40(18)24)28(30,31)38-15-27(16-38)9-10-27/h12-14,19-20,22,25-26,35-36H,1,3-11,15-17H2,2H3/t20-,22?,25?,26?/m0/s1. The lowest BCUT2D eigenvalue weighted by atomic mass is 9.54. The molecule has 4 atom stereocenters. The van der Waals surface area contributed by atoms with Crippen molar-refractivity contribution >= 4 is 15.7 Å². The molecule has 7 aliphatic rings. The van der Waals surface area contributed by atoms with Gasteiger partial charge in [-0.15, -0.1) is 0 Å². The third-order valence-electron chi connectivity index (χ3n) is 11.0. The first-order chi connectivity index (χ1) is 19.0. The van der Waals surface area contributed by atoms with Crippen LogP contribution in [0.5, 0.6) is 0 Å². The van der Waals surface area contributed by atoms with Crippen LogP contribution in [0, 0.1) is 23.2 Å². The Morgan fingerprint density at radius 2 is 1.75 bits per heavy atom. The number of hydrazine groups is 1. The lowest BCUT2D eigenvalue weighted by Crippen LogP contribution is -2.63. The highest BCUT2D eigenvalue weighted by Crippen LogP contribution is 2.55. The Kier molecular flexibility index (Phi) is 6.39. The van der Waals surface area contributed by atoms with Crippen LogP contribution in [0.15, 0.2) is 47.7 Å². The van der Waals surface area contributed by atoms with Gasteiger partial charge in [0.15, 0.2) is 0 Å². The molecule has 4 radical (unpaired) electrons. The molecule has 0 bridgehead atoms. The Hall–Kier alpha value is -1.68. The van der Waals surface area contributed by atoms with Crippen molar-refractivity contribution in [2.75, 3.05) is 26.8 Å². The minimum absolute atomic E-state index is 0.101. The number of fused-ring (bicyclic) bond motifs is 1. The van der Waals surface area contributed by atoms with Crippen molar-refractivity contribution in [3.63, 3.8) is 0 Å². The van der Waals surface area contributed by atoms with Crippen molar-refractivity contribution in [1.82, 2.24) is 30.5 Å². The van der Waals surface area contributed by atoms with E-state index in [1.807, 2.05) is 9.80 Å². The molecule has 0 amide bonds. The maximum Gasteiger partial charge on any atom is 0.418 e. The largest absolute Gasteiger partial charge is 0.418 e. The molecule has 4 heterocycles. The summed E-state index contributed by atoms with van der Waals surface area (Å²) in [5.41, 5.74) is 6.76. The Balaban J connectivity index is 1.14. The van der Waals surface area contributed by atoms with Gasteiger partial charge in [0, 0.05) is 31.5 Å². The molecule has 212 valence electrons. The van der Waals surface area contributed by atoms with Crippen molar-refractivity contribution in [2.45, 2.75) is 81.5 Å². The summed E-state index contributed by atoms with van der Waals surface area (Å²) in [6.45, 7) is 6.58. The topological polar surface area (TPSA) is 37.0 Å². The van der Waals surface area contributed by atoms with E-state index in [9.17, 15) is 13.2 Å². The van der Waals surface area contributed by atoms with Crippen LogP contribution in [0.25, 0.3) is 0 Å². The Labute approximate surface area is 238 Å².